The molecule has 1 saturated carbocycles. The molecular formula is C34H38F3N5O2S. The normalized spacial score (nSPS) is 29.4. The zero-order valence-corrected chi connectivity index (χ0v) is 26.6. The number of nitrogens with zero attached hydrogens (tertiary/aromatic N) is 4. The van der Waals surface area contributed by atoms with Crippen LogP contribution in [0, 0.1) is 11.3 Å². The summed E-state index contributed by atoms with van der Waals surface area (Å²) in [5.41, 5.74) is 6.42. The molecule has 7 nitrogen and oxygen atoms in total. The van der Waals surface area contributed by atoms with E-state index < -0.39 is 17.6 Å². The van der Waals surface area contributed by atoms with Crippen LogP contribution in [-0.2, 0) is 22.9 Å². The van der Waals surface area contributed by atoms with Crippen molar-refractivity contribution in [3.8, 4) is 0 Å². The van der Waals surface area contributed by atoms with E-state index in [0.717, 1.165) is 31.4 Å². The molecule has 2 atom stereocenters. The summed E-state index contributed by atoms with van der Waals surface area (Å²) in [4.78, 5) is 31.0. The number of nitrogens with one attached hydrogen (secondary N) is 1. The number of hydrogen-bond acceptors (Lipinski definition) is 6. The molecule has 11 heteroatoms. The Bertz CT molecular complexity index is 1600. The first-order valence-corrected chi connectivity index (χ1v) is 16.4. The third-order valence-corrected chi connectivity index (χ3v) is 12.2. The predicted octanol–water partition coefficient (Wildman–Crippen LogP) is 6.31. The molecule has 45 heavy (non-hydrogen) atoms. The lowest BCUT2D eigenvalue weighted by Crippen LogP contribution is -2.59. The Morgan fingerprint density at radius 2 is 1.96 bits per heavy atom. The average Bonchev–Trinajstić information content (AvgIpc) is 3.71. The molecule has 5 aliphatic rings. The number of benzene rings is 2. The highest BCUT2D eigenvalue weighted by molar-refractivity contribution is 8.13. The van der Waals surface area contributed by atoms with Crippen LogP contribution in [0.3, 0.4) is 0 Å². The Kier molecular flexibility index (Phi) is 6.98. The van der Waals surface area contributed by atoms with Gasteiger partial charge in [0, 0.05) is 47.8 Å². The number of thioether (sulfide) groups is 1. The van der Waals surface area contributed by atoms with E-state index in [1.165, 1.54) is 17.0 Å². The lowest BCUT2D eigenvalue weighted by atomic mass is 9.55. The van der Waals surface area contributed by atoms with Crippen LogP contribution < -0.4 is 10.3 Å². The van der Waals surface area contributed by atoms with Crippen molar-refractivity contribution in [3.05, 3.63) is 76.9 Å². The van der Waals surface area contributed by atoms with Crippen molar-refractivity contribution in [2.75, 3.05) is 31.1 Å². The van der Waals surface area contributed by atoms with Gasteiger partial charge in [0.25, 0.3) is 5.91 Å². The summed E-state index contributed by atoms with van der Waals surface area (Å²) in [6.45, 7) is 12.4. The van der Waals surface area contributed by atoms with Gasteiger partial charge in [0.05, 0.1) is 17.7 Å². The van der Waals surface area contributed by atoms with Crippen LogP contribution in [-0.4, -0.2) is 58.2 Å². The van der Waals surface area contributed by atoms with Gasteiger partial charge >= 0.3 is 6.18 Å². The standard InChI is InChI=1S/C34H38F3N5O2S/c1-5-29(43)41-18-32(19-41)9-10-40(17-32)22(3)23-11-26-27(28(12-23)34(35,36)37)16-42(30(26)44)25-8-6-7-24(13-25)33(14-21(2)15-33)31(4)39-38-20-45-31/h5-8,11-13,20-22,39H,1,9-10,14-19H2,2-4H3/t21?,22-,31?,33?/m1/s1. The van der Waals surface area contributed by atoms with Gasteiger partial charge in [-0.2, -0.15) is 18.3 Å². The summed E-state index contributed by atoms with van der Waals surface area (Å²) in [5, 5.41) is 4.28. The van der Waals surface area contributed by atoms with Crippen molar-refractivity contribution in [3.63, 3.8) is 0 Å². The quantitative estimate of drug-likeness (QED) is 0.376. The van der Waals surface area contributed by atoms with Crippen molar-refractivity contribution < 1.29 is 22.8 Å². The SMILES string of the molecule is C=CC(=O)N1CC2(CCN([C@H](C)c3cc4c(c(C(F)(F)F)c3)CN(c3cccc(C5(C6(C)NN=CS6)CC(C)C5)c3)C4=O)C2)C1. The van der Waals surface area contributed by atoms with Gasteiger partial charge in [0.15, 0.2) is 0 Å². The van der Waals surface area contributed by atoms with Gasteiger partial charge in [0.1, 0.15) is 4.87 Å². The minimum absolute atomic E-state index is 0.0321. The maximum atomic E-state index is 14.6. The second-order valence-corrected chi connectivity index (χ2v) is 15.2. The van der Waals surface area contributed by atoms with Crippen molar-refractivity contribution in [1.82, 2.24) is 15.2 Å². The Balaban J connectivity index is 1.17. The van der Waals surface area contributed by atoms with Crippen LogP contribution in [0.2, 0.25) is 0 Å². The second-order valence-electron chi connectivity index (χ2n) is 13.9. The molecule has 0 bridgehead atoms. The Morgan fingerprint density at radius 3 is 2.60 bits per heavy atom. The summed E-state index contributed by atoms with van der Waals surface area (Å²) < 4.78 is 43.7. The second kappa shape index (κ2) is 10.4. The molecule has 2 saturated heterocycles. The fourth-order valence-corrected chi connectivity index (χ4v) is 9.41. The van der Waals surface area contributed by atoms with Crippen LogP contribution in [0.25, 0.3) is 0 Å². The fourth-order valence-electron chi connectivity index (χ4n) is 8.48. The fraction of sp³-hybridized carbons (Fsp3) is 0.500. The molecule has 238 valence electrons. The monoisotopic (exact) mass is 637 g/mol. The molecule has 7 rings (SSSR count). The first-order valence-electron chi connectivity index (χ1n) is 15.6. The van der Waals surface area contributed by atoms with E-state index >= 15 is 0 Å². The number of alkyl halides is 3. The minimum Gasteiger partial charge on any atom is -0.338 e. The predicted molar refractivity (Wildman–Crippen MR) is 170 cm³/mol. The van der Waals surface area contributed by atoms with Gasteiger partial charge in [-0.05, 0) is 92.6 Å². The van der Waals surface area contributed by atoms with Crippen LogP contribution in [0.5, 0.6) is 0 Å². The van der Waals surface area contributed by atoms with E-state index in [1.807, 2.05) is 30.7 Å². The first kappa shape index (κ1) is 30.3. The molecule has 1 unspecified atom stereocenters. The number of likely N-dealkylation sites (tertiary alicyclic amines) is 2. The van der Waals surface area contributed by atoms with E-state index in [2.05, 4.69) is 41.9 Å². The van der Waals surface area contributed by atoms with E-state index in [4.69, 9.17) is 0 Å². The highest BCUT2D eigenvalue weighted by Crippen LogP contribution is 2.58. The number of amides is 2. The van der Waals surface area contributed by atoms with Crippen LogP contribution >= 0.6 is 11.8 Å². The van der Waals surface area contributed by atoms with E-state index in [1.54, 1.807) is 22.7 Å². The van der Waals surface area contributed by atoms with Crippen molar-refractivity contribution >= 4 is 34.8 Å². The molecule has 4 heterocycles. The van der Waals surface area contributed by atoms with Gasteiger partial charge in [-0.3, -0.25) is 19.9 Å². The van der Waals surface area contributed by atoms with E-state index in [9.17, 15) is 22.8 Å². The Morgan fingerprint density at radius 1 is 1.20 bits per heavy atom. The molecule has 0 aromatic heterocycles. The van der Waals surface area contributed by atoms with Crippen LogP contribution in [0.1, 0.15) is 78.7 Å². The third kappa shape index (κ3) is 4.71. The molecule has 2 amide bonds. The van der Waals surface area contributed by atoms with Gasteiger partial charge in [0.2, 0.25) is 5.91 Å². The average molecular weight is 638 g/mol. The summed E-state index contributed by atoms with van der Waals surface area (Å²) in [6.07, 6.45) is -0.517. The van der Waals surface area contributed by atoms with Gasteiger partial charge in [-0.1, -0.05) is 37.4 Å². The van der Waals surface area contributed by atoms with Crippen molar-refractivity contribution in [1.29, 1.82) is 0 Å². The molecule has 3 fully saturated rings. The summed E-state index contributed by atoms with van der Waals surface area (Å²) >= 11 is 1.65. The van der Waals surface area contributed by atoms with Crippen molar-refractivity contribution in [2.45, 2.75) is 69.1 Å². The maximum Gasteiger partial charge on any atom is 0.416 e. The summed E-state index contributed by atoms with van der Waals surface area (Å²) in [5.74, 6) is 0.0317. The van der Waals surface area contributed by atoms with Crippen LogP contribution in [0.15, 0.2) is 54.2 Å². The number of fused-ring (bicyclic) bond motifs is 1. The molecule has 4 aliphatic heterocycles. The lowest BCUT2D eigenvalue weighted by molar-refractivity contribution is -0.138. The lowest BCUT2D eigenvalue weighted by Gasteiger charge is -2.55. The number of hydrazone groups is 1. The zero-order valence-electron chi connectivity index (χ0n) is 25.8. The zero-order chi connectivity index (χ0) is 31.9. The van der Waals surface area contributed by atoms with E-state index in [0.29, 0.717) is 36.8 Å². The highest BCUT2D eigenvalue weighted by atomic mass is 32.2. The Hall–Kier alpha value is -3.31. The maximum absolute atomic E-state index is 14.6. The van der Waals surface area contributed by atoms with Crippen molar-refractivity contribution in [2.24, 2.45) is 16.4 Å². The van der Waals surface area contributed by atoms with Crippen LogP contribution in [0.4, 0.5) is 18.9 Å². The number of anilines is 1. The molecule has 1 spiro atoms. The Labute approximate surface area is 265 Å². The number of carbonyl (C=O) groups is 2. The number of carbonyl (C=O) groups excluding carboxylic acids is 2. The number of rotatable bonds is 6. The smallest absolute Gasteiger partial charge is 0.338 e. The molecular weight excluding hydrogens is 599 g/mol. The topological polar surface area (TPSA) is 68.2 Å². The van der Waals surface area contributed by atoms with Gasteiger partial charge < -0.3 is 9.80 Å². The summed E-state index contributed by atoms with van der Waals surface area (Å²) in [7, 11) is 0. The molecule has 2 aromatic carbocycles. The molecule has 0 radical (unpaired) electrons. The molecule has 2 aromatic rings. The molecule has 1 aliphatic carbocycles. The van der Waals surface area contributed by atoms with E-state index in [-0.39, 0.29) is 45.3 Å². The number of hydrogen-bond donors (Lipinski definition) is 1. The minimum atomic E-state index is -4.60. The summed E-state index contributed by atoms with van der Waals surface area (Å²) in [6, 6.07) is 10.4. The number of halogens is 3. The first-order chi connectivity index (χ1) is 21.3. The highest BCUT2D eigenvalue weighted by Gasteiger charge is 2.58. The molecule has 1 N–H and O–H groups in total. The largest absolute Gasteiger partial charge is 0.416 e. The third-order valence-electron chi connectivity index (χ3n) is 11.0. The van der Waals surface area contributed by atoms with Gasteiger partial charge in [-0.15, -0.1) is 0 Å². The van der Waals surface area contributed by atoms with Gasteiger partial charge in [-0.25, -0.2) is 0 Å².